The molecule has 36 heavy (non-hydrogen) atoms. The molecule has 4 heterocycles. The Morgan fingerprint density at radius 1 is 1.08 bits per heavy atom. The van der Waals surface area contributed by atoms with Crippen LogP contribution in [0.5, 0.6) is 5.75 Å². The quantitative estimate of drug-likeness (QED) is 0.451. The summed E-state index contributed by atoms with van der Waals surface area (Å²) < 4.78 is 38.5. The van der Waals surface area contributed by atoms with Crippen molar-refractivity contribution in [2.24, 2.45) is 5.73 Å². The average Bonchev–Trinajstić information content (AvgIpc) is 3.53. The fourth-order valence-electron chi connectivity index (χ4n) is 4.63. The van der Waals surface area contributed by atoms with E-state index in [-0.39, 0.29) is 12.6 Å². The molecule has 3 aromatic rings. The highest BCUT2D eigenvalue weighted by molar-refractivity contribution is 7.88. The van der Waals surface area contributed by atoms with Crippen LogP contribution in [-0.2, 0) is 21.3 Å². The average molecular weight is 518 g/mol. The summed E-state index contributed by atoms with van der Waals surface area (Å²) in [5.41, 5.74) is 7.53. The van der Waals surface area contributed by atoms with E-state index in [1.807, 2.05) is 27.7 Å². The van der Waals surface area contributed by atoms with Crippen molar-refractivity contribution < 1.29 is 17.9 Å². The number of rotatable bonds is 7. The number of anilines is 2. The van der Waals surface area contributed by atoms with Crippen LogP contribution in [0.3, 0.4) is 0 Å². The number of nitrogens with two attached hydrogens (primary N) is 1. The van der Waals surface area contributed by atoms with E-state index in [4.69, 9.17) is 35.1 Å². The largest absolute Gasteiger partial charge is 0.494 e. The second kappa shape index (κ2) is 9.76. The maximum absolute atomic E-state index is 12.1. The molecule has 2 saturated heterocycles. The molecule has 0 bridgehead atoms. The van der Waals surface area contributed by atoms with Gasteiger partial charge in [0.15, 0.2) is 0 Å². The first-order valence-corrected chi connectivity index (χ1v) is 13.7. The summed E-state index contributed by atoms with van der Waals surface area (Å²) in [6.07, 6.45) is 1.90. The van der Waals surface area contributed by atoms with Gasteiger partial charge in [-0.05, 0) is 18.6 Å². The van der Waals surface area contributed by atoms with Gasteiger partial charge in [-0.3, -0.25) is 4.57 Å². The van der Waals surface area contributed by atoms with E-state index in [1.165, 1.54) is 10.6 Å². The SMILES string of the molecule is COc1cccc2c1nc(CN)n2-c1nc(N2CCOCC2)nc(N2CC[C@H](N(C)S(C)(=O)=O)C2)n1. The zero-order valence-corrected chi connectivity index (χ0v) is 21.5. The molecule has 5 rings (SSSR count). The van der Waals surface area contributed by atoms with Crippen LogP contribution in [0.1, 0.15) is 12.2 Å². The Hall–Kier alpha value is -3.07. The smallest absolute Gasteiger partial charge is 0.242 e. The third-order valence-electron chi connectivity index (χ3n) is 6.70. The van der Waals surface area contributed by atoms with Crippen molar-refractivity contribution in [3.8, 4) is 11.7 Å². The summed E-state index contributed by atoms with van der Waals surface area (Å²) >= 11 is 0. The van der Waals surface area contributed by atoms with E-state index >= 15 is 0 Å². The lowest BCUT2D eigenvalue weighted by molar-refractivity contribution is 0.122. The standard InChI is InChI=1S/C22H31N9O4S/c1-28(36(3,32)33)15-7-8-30(14-15)21-25-20(29-9-11-35-12-10-29)26-22(27-21)31-16-5-4-6-17(34-2)19(16)24-18(31)13-23/h4-6,15H,7-14,23H2,1-3H3/t15-/m0/s1. The molecule has 1 aromatic carbocycles. The van der Waals surface area contributed by atoms with Crippen molar-refractivity contribution in [1.82, 2.24) is 28.8 Å². The van der Waals surface area contributed by atoms with Crippen molar-refractivity contribution in [2.75, 3.05) is 69.6 Å². The van der Waals surface area contributed by atoms with Gasteiger partial charge in [-0.1, -0.05) is 6.07 Å². The first-order chi connectivity index (χ1) is 17.3. The van der Waals surface area contributed by atoms with E-state index in [1.54, 1.807) is 14.2 Å². The minimum absolute atomic E-state index is 0.162. The van der Waals surface area contributed by atoms with Gasteiger partial charge in [-0.15, -0.1) is 0 Å². The molecule has 2 N–H and O–H groups in total. The zero-order chi connectivity index (χ0) is 25.4. The number of imidazole rings is 1. The second-order valence-electron chi connectivity index (χ2n) is 8.90. The van der Waals surface area contributed by atoms with E-state index in [0.717, 1.165) is 5.52 Å². The van der Waals surface area contributed by atoms with Crippen molar-refractivity contribution >= 4 is 33.0 Å². The number of nitrogens with zero attached hydrogens (tertiary/aromatic N) is 8. The maximum Gasteiger partial charge on any atom is 0.242 e. The van der Waals surface area contributed by atoms with Crippen LogP contribution in [0.25, 0.3) is 17.0 Å². The Labute approximate surface area is 209 Å². The molecule has 0 aliphatic carbocycles. The third kappa shape index (κ3) is 4.56. The molecular weight excluding hydrogens is 486 g/mol. The molecule has 2 aromatic heterocycles. The highest BCUT2D eigenvalue weighted by Crippen LogP contribution is 2.29. The Bertz CT molecular complexity index is 1360. The summed E-state index contributed by atoms with van der Waals surface area (Å²) in [4.78, 5) is 23.2. The normalized spacial score (nSPS) is 19.0. The third-order valence-corrected chi connectivity index (χ3v) is 8.04. The summed E-state index contributed by atoms with van der Waals surface area (Å²) in [5, 5.41) is 0. The first kappa shape index (κ1) is 24.6. The van der Waals surface area contributed by atoms with Crippen LogP contribution in [0, 0.1) is 0 Å². The number of morpholine rings is 1. The number of ether oxygens (including phenoxy) is 2. The molecule has 0 radical (unpaired) electrons. The molecule has 1 atom stereocenters. The Kier molecular flexibility index (Phi) is 6.68. The number of para-hydroxylation sites is 1. The molecule has 14 heteroatoms. The lowest BCUT2D eigenvalue weighted by Gasteiger charge is -2.28. The van der Waals surface area contributed by atoms with E-state index in [9.17, 15) is 8.42 Å². The Morgan fingerprint density at radius 2 is 1.78 bits per heavy atom. The number of benzene rings is 1. The van der Waals surface area contributed by atoms with Gasteiger partial charge in [0.05, 0.1) is 38.6 Å². The van der Waals surface area contributed by atoms with Crippen molar-refractivity contribution in [3.63, 3.8) is 0 Å². The molecule has 13 nitrogen and oxygen atoms in total. The number of likely N-dealkylation sites (N-methyl/N-ethyl adjacent to an activating group) is 1. The number of sulfonamides is 1. The molecule has 2 aliphatic rings. The Balaban J connectivity index is 1.61. The fraction of sp³-hybridized carbons (Fsp3) is 0.545. The van der Waals surface area contributed by atoms with Crippen molar-refractivity contribution in [2.45, 2.75) is 19.0 Å². The minimum atomic E-state index is -3.31. The summed E-state index contributed by atoms with van der Waals surface area (Å²) in [6, 6.07) is 5.50. The van der Waals surface area contributed by atoms with Gasteiger partial charge in [0.2, 0.25) is 27.9 Å². The zero-order valence-electron chi connectivity index (χ0n) is 20.7. The van der Waals surface area contributed by atoms with Crippen molar-refractivity contribution in [1.29, 1.82) is 0 Å². The van der Waals surface area contributed by atoms with Crippen LogP contribution < -0.4 is 20.3 Å². The fourth-order valence-corrected chi connectivity index (χ4v) is 5.34. The molecular formula is C22H31N9O4S. The van der Waals surface area contributed by atoms with Crippen molar-refractivity contribution in [3.05, 3.63) is 24.0 Å². The number of fused-ring (bicyclic) bond motifs is 1. The van der Waals surface area contributed by atoms with Crippen LogP contribution in [0.4, 0.5) is 11.9 Å². The highest BCUT2D eigenvalue weighted by atomic mass is 32.2. The monoisotopic (exact) mass is 517 g/mol. The lowest BCUT2D eigenvalue weighted by atomic mass is 10.3. The minimum Gasteiger partial charge on any atom is -0.494 e. The highest BCUT2D eigenvalue weighted by Gasteiger charge is 2.32. The van der Waals surface area contributed by atoms with Crippen LogP contribution in [0.15, 0.2) is 18.2 Å². The second-order valence-corrected chi connectivity index (χ2v) is 10.9. The van der Waals surface area contributed by atoms with Crippen LogP contribution >= 0.6 is 0 Å². The van der Waals surface area contributed by atoms with Gasteiger partial charge in [-0.2, -0.15) is 15.0 Å². The van der Waals surface area contributed by atoms with Gasteiger partial charge in [0.25, 0.3) is 0 Å². The van der Waals surface area contributed by atoms with Crippen LogP contribution in [-0.4, -0.2) is 103 Å². The van der Waals surface area contributed by atoms with Gasteiger partial charge < -0.3 is 25.0 Å². The molecule has 0 unspecified atom stereocenters. The van der Waals surface area contributed by atoms with E-state index in [0.29, 0.717) is 80.7 Å². The van der Waals surface area contributed by atoms with Gasteiger partial charge >= 0.3 is 0 Å². The summed E-state index contributed by atoms with van der Waals surface area (Å²) in [6.45, 7) is 3.77. The molecule has 2 fully saturated rings. The number of hydrogen-bond donors (Lipinski definition) is 1. The summed E-state index contributed by atoms with van der Waals surface area (Å²) in [5.74, 6) is 2.65. The van der Waals surface area contributed by atoms with Crippen LogP contribution in [0.2, 0.25) is 0 Å². The van der Waals surface area contributed by atoms with E-state index < -0.39 is 10.0 Å². The predicted molar refractivity (Wildman–Crippen MR) is 135 cm³/mol. The number of aromatic nitrogens is 5. The number of hydrogen-bond acceptors (Lipinski definition) is 11. The molecule has 194 valence electrons. The lowest BCUT2D eigenvalue weighted by Crippen LogP contribution is -2.39. The van der Waals surface area contributed by atoms with Gasteiger partial charge in [0, 0.05) is 39.3 Å². The first-order valence-electron chi connectivity index (χ1n) is 11.8. The molecule has 0 spiro atoms. The molecule has 0 saturated carbocycles. The number of methoxy groups -OCH3 is 1. The van der Waals surface area contributed by atoms with Gasteiger partial charge in [0.1, 0.15) is 17.1 Å². The van der Waals surface area contributed by atoms with E-state index in [2.05, 4.69) is 4.90 Å². The Morgan fingerprint density at radius 3 is 2.44 bits per heavy atom. The topological polar surface area (TPSA) is 145 Å². The molecule has 0 amide bonds. The van der Waals surface area contributed by atoms with Gasteiger partial charge in [-0.25, -0.2) is 17.7 Å². The summed E-state index contributed by atoms with van der Waals surface area (Å²) in [7, 11) is -0.0944. The predicted octanol–water partition coefficient (Wildman–Crippen LogP) is -0.0155. The molecule has 2 aliphatic heterocycles. The maximum atomic E-state index is 12.1.